The number of rotatable bonds is 9. The third kappa shape index (κ3) is 5.04. The summed E-state index contributed by atoms with van der Waals surface area (Å²) in [4.78, 5) is 14.2. The molecule has 0 spiro atoms. The molecule has 1 amide bonds. The maximum Gasteiger partial charge on any atom is 0.237 e. The summed E-state index contributed by atoms with van der Waals surface area (Å²) in [6.07, 6.45) is 5.88. The molecule has 0 heterocycles. The third-order valence-corrected chi connectivity index (χ3v) is 3.36. The Kier molecular flexibility index (Phi) is 6.52. The lowest BCUT2D eigenvalue weighted by molar-refractivity contribution is -0.126. The first-order valence-electron chi connectivity index (χ1n) is 6.94. The van der Waals surface area contributed by atoms with E-state index in [1.165, 1.54) is 25.7 Å². The van der Waals surface area contributed by atoms with Crippen LogP contribution in [0.1, 0.15) is 46.0 Å². The van der Waals surface area contributed by atoms with Crippen LogP contribution in [0.15, 0.2) is 0 Å². The zero-order chi connectivity index (χ0) is 12.7. The normalized spacial score (nSPS) is 17.2. The lowest BCUT2D eigenvalue weighted by atomic mass is 10.2. The van der Waals surface area contributed by atoms with Crippen molar-refractivity contribution in [1.29, 1.82) is 0 Å². The van der Waals surface area contributed by atoms with Gasteiger partial charge in [-0.3, -0.25) is 9.69 Å². The highest BCUT2D eigenvalue weighted by atomic mass is 16.2. The van der Waals surface area contributed by atoms with E-state index >= 15 is 0 Å². The molecule has 1 fully saturated rings. The van der Waals surface area contributed by atoms with E-state index in [1.54, 1.807) is 0 Å². The molecule has 4 heteroatoms. The highest BCUT2D eigenvalue weighted by molar-refractivity contribution is 5.81. The molecular formula is C13H27N3O. The van der Waals surface area contributed by atoms with Crippen molar-refractivity contribution in [2.24, 2.45) is 5.73 Å². The first-order chi connectivity index (χ1) is 8.20. The Hall–Kier alpha value is -0.610. The minimum Gasteiger partial charge on any atom is -0.355 e. The van der Waals surface area contributed by atoms with Crippen LogP contribution < -0.4 is 11.1 Å². The predicted octanol–water partition coefficient (Wildman–Crippen LogP) is 1.10. The fraction of sp³-hybridized carbons (Fsp3) is 0.923. The second-order valence-electron chi connectivity index (χ2n) is 4.93. The molecular weight excluding hydrogens is 214 g/mol. The summed E-state index contributed by atoms with van der Waals surface area (Å²) in [5, 5.41) is 3.02. The van der Waals surface area contributed by atoms with Gasteiger partial charge in [-0.15, -0.1) is 0 Å². The molecule has 0 aromatic carbocycles. The number of nitrogens with one attached hydrogen (secondary N) is 1. The molecule has 0 bridgehead atoms. The van der Waals surface area contributed by atoms with Crippen LogP contribution in [0.5, 0.6) is 0 Å². The smallest absolute Gasteiger partial charge is 0.237 e. The summed E-state index contributed by atoms with van der Waals surface area (Å²) in [7, 11) is 0. The van der Waals surface area contributed by atoms with Crippen LogP contribution in [0.25, 0.3) is 0 Å². The Bertz CT molecular complexity index is 229. The fourth-order valence-electron chi connectivity index (χ4n) is 2.13. The molecule has 0 aliphatic heterocycles. The Labute approximate surface area is 105 Å². The van der Waals surface area contributed by atoms with Crippen molar-refractivity contribution < 1.29 is 4.79 Å². The molecule has 4 nitrogen and oxygen atoms in total. The molecule has 0 aromatic rings. The van der Waals surface area contributed by atoms with Crippen LogP contribution in [0.2, 0.25) is 0 Å². The minimum absolute atomic E-state index is 0.0346. The number of nitrogens with zero attached hydrogens (tertiary/aromatic N) is 1. The van der Waals surface area contributed by atoms with Crippen LogP contribution in [-0.2, 0) is 4.79 Å². The molecule has 1 rings (SSSR count). The number of nitrogens with two attached hydrogens (primary N) is 1. The second-order valence-corrected chi connectivity index (χ2v) is 4.93. The molecule has 17 heavy (non-hydrogen) atoms. The Morgan fingerprint density at radius 2 is 2.18 bits per heavy atom. The number of carbonyl (C=O) groups excluding carboxylic acids is 1. The van der Waals surface area contributed by atoms with Gasteiger partial charge in [0.2, 0.25) is 5.91 Å². The number of unbranched alkanes of at least 4 members (excludes halogenated alkanes) is 2. The summed E-state index contributed by atoms with van der Waals surface area (Å²) in [5.41, 5.74) is 5.60. The zero-order valence-corrected chi connectivity index (χ0v) is 11.2. The summed E-state index contributed by atoms with van der Waals surface area (Å²) in [5.74, 6) is 0.154. The van der Waals surface area contributed by atoms with E-state index in [-0.39, 0.29) is 11.9 Å². The van der Waals surface area contributed by atoms with Gasteiger partial charge >= 0.3 is 0 Å². The van der Waals surface area contributed by atoms with Gasteiger partial charge in [0.05, 0.1) is 6.04 Å². The molecule has 1 aliphatic carbocycles. The number of hydrogen-bond donors (Lipinski definition) is 2. The van der Waals surface area contributed by atoms with Crippen molar-refractivity contribution >= 4 is 5.91 Å². The van der Waals surface area contributed by atoms with Gasteiger partial charge in [0.1, 0.15) is 0 Å². The van der Waals surface area contributed by atoms with Crippen LogP contribution in [0.4, 0.5) is 0 Å². The van der Waals surface area contributed by atoms with Crippen molar-refractivity contribution in [3.8, 4) is 0 Å². The van der Waals surface area contributed by atoms with Gasteiger partial charge in [-0.1, -0.05) is 19.8 Å². The topological polar surface area (TPSA) is 58.4 Å². The number of hydrogen-bond acceptors (Lipinski definition) is 3. The third-order valence-electron chi connectivity index (χ3n) is 3.36. The SMILES string of the molecule is CCCCCNC(=O)C(C)N(CCN)C1CC1. The standard InChI is InChI=1S/C13H27N3O/c1-3-4-5-9-15-13(17)11(2)16(10-8-14)12-6-7-12/h11-12H,3-10,14H2,1-2H3,(H,15,17). The van der Waals surface area contributed by atoms with Crippen molar-refractivity contribution in [1.82, 2.24) is 10.2 Å². The minimum atomic E-state index is -0.0346. The Morgan fingerprint density at radius 1 is 1.47 bits per heavy atom. The first-order valence-corrected chi connectivity index (χ1v) is 6.94. The van der Waals surface area contributed by atoms with Gasteiger partial charge in [-0.05, 0) is 26.2 Å². The van der Waals surface area contributed by atoms with Crippen molar-refractivity contribution in [3.05, 3.63) is 0 Å². The van der Waals surface area contributed by atoms with E-state index in [9.17, 15) is 4.79 Å². The van der Waals surface area contributed by atoms with E-state index < -0.39 is 0 Å². The molecule has 1 saturated carbocycles. The monoisotopic (exact) mass is 241 g/mol. The quantitative estimate of drug-likeness (QED) is 0.594. The number of carbonyl (C=O) groups is 1. The molecule has 1 aliphatic rings. The van der Waals surface area contributed by atoms with Crippen molar-refractivity contribution in [2.45, 2.75) is 58.0 Å². The molecule has 100 valence electrons. The Morgan fingerprint density at radius 3 is 2.71 bits per heavy atom. The largest absolute Gasteiger partial charge is 0.355 e. The van der Waals surface area contributed by atoms with Crippen molar-refractivity contribution in [3.63, 3.8) is 0 Å². The van der Waals surface area contributed by atoms with Crippen LogP contribution in [0.3, 0.4) is 0 Å². The summed E-state index contributed by atoms with van der Waals surface area (Å²) in [6.45, 7) is 6.42. The van der Waals surface area contributed by atoms with E-state index in [1.807, 2.05) is 6.92 Å². The van der Waals surface area contributed by atoms with Crippen molar-refractivity contribution in [2.75, 3.05) is 19.6 Å². The van der Waals surface area contributed by atoms with Gasteiger partial charge < -0.3 is 11.1 Å². The second kappa shape index (κ2) is 7.67. The highest BCUT2D eigenvalue weighted by Crippen LogP contribution is 2.28. The average molecular weight is 241 g/mol. The van der Waals surface area contributed by atoms with Crippen LogP contribution in [0, 0.1) is 0 Å². The maximum absolute atomic E-state index is 12.0. The van der Waals surface area contributed by atoms with E-state index in [0.717, 1.165) is 19.5 Å². The van der Waals surface area contributed by atoms with Crippen LogP contribution in [-0.4, -0.2) is 42.5 Å². The molecule has 1 atom stereocenters. The first kappa shape index (κ1) is 14.5. The lowest BCUT2D eigenvalue weighted by Gasteiger charge is -2.27. The predicted molar refractivity (Wildman–Crippen MR) is 70.8 cm³/mol. The molecule has 0 saturated heterocycles. The molecule has 1 unspecified atom stereocenters. The molecule has 0 radical (unpaired) electrons. The summed E-state index contributed by atoms with van der Waals surface area (Å²) in [6, 6.07) is 0.558. The zero-order valence-electron chi connectivity index (χ0n) is 11.2. The van der Waals surface area contributed by atoms with Gasteiger partial charge in [0, 0.05) is 25.7 Å². The number of amides is 1. The summed E-state index contributed by atoms with van der Waals surface area (Å²) >= 11 is 0. The fourth-order valence-corrected chi connectivity index (χ4v) is 2.13. The van der Waals surface area contributed by atoms with Crippen LogP contribution >= 0.6 is 0 Å². The van der Waals surface area contributed by atoms with Gasteiger partial charge in [-0.2, -0.15) is 0 Å². The van der Waals surface area contributed by atoms with Gasteiger partial charge in [-0.25, -0.2) is 0 Å². The molecule has 0 aromatic heterocycles. The molecule has 3 N–H and O–H groups in total. The van der Waals surface area contributed by atoms with E-state index in [2.05, 4.69) is 17.1 Å². The van der Waals surface area contributed by atoms with E-state index in [0.29, 0.717) is 12.6 Å². The summed E-state index contributed by atoms with van der Waals surface area (Å²) < 4.78 is 0. The lowest BCUT2D eigenvalue weighted by Crippen LogP contribution is -2.48. The average Bonchev–Trinajstić information content (AvgIpc) is 3.14. The maximum atomic E-state index is 12.0. The van der Waals surface area contributed by atoms with E-state index in [4.69, 9.17) is 5.73 Å². The van der Waals surface area contributed by atoms with Gasteiger partial charge in [0.25, 0.3) is 0 Å². The highest BCUT2D eigenvalue weighted by Gasteiger charge is 2.34. The Balaban J connectivity index is 2.27. The van der Waals surface area contributed by atoms with Gasteiger partial charge in [0.15, 0.2) is 0 Å².